The summed E-state index contributed by atoms with van der Waals surface area (Å²) < 4.78 is 0. The number of nitrogen functional groups attached to an aromatic ring is 1. The fourth-order valence-electron chi connectivity index (χ4n) is 1.52. The lowest BCUT2D eigenvalue weighted by molar-refractivity contribution is 1.23. The molecule has 0 unspecified atom stereocenters. The maximum atomic E-state index is 6.13. The lowest BCUT2D eigenvalue weighted by Gasteiger charge is -2.11. The second-order valence-electron chi connectivity index (χ2n) is 3.63. The van der Waals surface area contributed by atoms with E-state index in [2.05, 4.69) is 15.7 Å². The molecule has 0 aliphatic rings. The Morgan fingerprint density at radius 2 is 2.12 bits per heavy atom. The fraction of sp³-hybridized carbons (Fsp3) is 0.0833. The third kappa shape index (κ3) is 2.67. The molecule has 4 N–H and O–H groups in total. The molecule has 0 spiro atoms. The van der Waals surface area contributed by atoms with E-state index < -0.39 is 0 Å². The lowest BCUT2D eigenvalue weighted by atomic mass is 10.2. The average molecular weight is 249 g/mol. The zero-order valence-electron chi connectivity index (χ0n) is 9.37. The number of benzene rings is 1. The van der Waals surface area contributed by atoms with Gasteiger partial charge < -0.3 is 10.7 Å². The summed E-state index contributed by atoms with van der Waals surface area (Å²) in [6.45, 7) is 2.00. The van der Waals surface area contributed by atoms with E-state index >= 15 is 0 Å². The number of anilines is 3. The van der Waals surface area contributed by atoms with Crippen molar-refractivity contribution in [3.05, 3.63) is 47.1 Å². The van der Waals surface area contributed by atoms with Crippen LogP contribution in [0.25, 0.3) is 0 Å². The van der Waals surface area contributed by atoms with Crippen LogP contribution in [0.3, 0.4) is 0 Å². The van der Waals surface area contributed by atoms with Gasteiger partial charge in [0.25, 0.3) is 0 Å². The molecule has 2 rings (SSSR count). The van der Waals surface area contributed by atoms with Gasteiger partial charge >= 0.3 is 0 Å². The van der Waals surface area contributed by atoms with Gasteiger partial charge in [0.05, 0.1) is 10.7 Å². The minimum atomic E-state index is 0.597. The van der Waals surface area contributed by atoms with E-state index in [1.807, 2.05) is 37.3 Å². The first-order chi connectivity index (χ1) is 8.20. The maximum Gasteiger partial charge on any atom is 0.141 e. The van der Waals surface area contributed by atoms with Gasteiger partial charge in [-0.05, 0) is 24.6 Å². The van der Waals surface area contributed by atoms with Gasteiger partial charge in [0.2, 0.25) is 0 Å². The highest BCUT2D eigenvalue weighted by molar-refractivity contribution is 6.33. The zero-order valence-corrected chi connectivity index (χ0v) is 10.1. The van der Waals surface area contributed by atoms with Crippen molar-refractivity contribution in [2.24, 2.45) is 5.84 Å². The molecule has 4 nitrogen and oxygen atoms in total. The van der Waals surface area contributed by atoms with E-state index in [0.29, 0.717) is 10.8 Å². The molecule has 88 valence electrons. The number of hydrogen-bond acceptors (Lipinski definition) is 4. The van der Waals surface area contributed by atoms with Crippen molar-refractivity contribution in [1.82, 2.24) is 4.98 Å². The van der Waals surface area contributed by atoms with Crippen molar-refractivity contribution in [2.75, 3.05) is 10.7 Å². The van der Waals surface area contributed by atoms with Gasteiger partial charge in [0, 0.05) is 18.0 Å². The molecule has 0 bridgehead atoms. The summed E-state index contributed by atoms with van der Waals surface area (Å²) >= 11 is 6.13. The van der Waals surface area contributed by atoms with Crippen LogP contribution in [0.2, 0.25) is 5.02 Å². The van der Waals surface area contributed by atoms with Crippen LogP contribution in [0.1, 0.15) is 5.56 Å². The predicted octanol–water partition coefficient (Wildman–Crippen LogP) is 3.07. The van der Waals surface area contributed by atoms with E-state index in [9.17, 15) is 0 Å². The van der Waals surface area contributed by atoms with E-state index in [1.165, 1.54) is 0 Å². The molecule has 17 heavy (non-hydrogen) atoms. The van der Waals surface area contributed by atoms with Gasteiger partial charge in [-0.15, -0.1) is 0 Å². The predicted molar refractivity (Wildman–Crippen MR) is 71.5 cm³/mol. The van der Waals surface area contributed by atoms with Gasteiger partial charge in [0.1, 0.15) is 5.82 Å². The quantitative estimate of drug-likeness (QED) is 0.577. The van der Waals surface area contributed by atoms with E-state index in [-0.39, 0.29) is 0 Å². The van der Waals surface area contributed by atoms with Crippen LogP contribution in [0.15, 0.2) is 36.5 Å². The van der Waals surface area contributed by atoms with E-state index in [0.717, 1.165) is 16.9 Å². The van der Waals surface area contributed by atoms with Crippen LogP contribution in [-0.4, -0.2) is 4.98 Å². The summed E-state index contributed by atoms with van der Waals surface area (Å²) in [7, 11) is 0. The second kappa shape index (κ2) is 5.03. The monoisotopic (exact) mass is 248 g/mol. The summed E-state index contributed by atoms with van der Waals surface area (Å²) in [5.74, 6) is 5.90. The molecule has 2 aromatic rings. The van der Waals surface area contributed by atoms with Crippen molar-refractivity contribution in [3.8, 4) is 0 Å². The van der Waals surface area contributed by atoms with Gasteiger partial charge in [0.15, 0.2) is 0 Å². The van der Waals surface area contributed by atoms with Crippen LogP contribution in [0, 0.1) is 6.92 Å². The number of nitrogens with one attached hydrogen (secondary N) is 2. The van der Waals surface area contributed by atoms with E-state index in [1.54, 1.807) is 6.20 Å². The highest BCUT2D eigenvalue weighted by Gasteiger charge is 2.04. The van der Waals surface area contributed by atoms with Crippen LogP contribution in [0.4, 0.5) is 17.2 Å². The highest BCUT2D eigenvalue weighted by atomic mass is 35.5. The summed E-state index contributed by atoms with van der Waals surface area (Å²) in [5.41, 5.74) is 5.35. The Labute approximate surface area is 105 Å². The van der Waals surface area contributed by atoms with Crippen molar-refractivity contribution < 1.29 is 0 Å². The number of hydrogen-bond donors (Lipinski definition) is 3. The Morgan fingerprint density at radius 3 is 2.82 bits per heavy atom. The Bertz CT molecular complexity index is 507. The largest absolute Gasteiger partial charge is 0.354 e. The Hall–Kier alpha value is -1.78. The van der Waals surface area contributed by atoms with Crippen LogP contribution < -0.4 is 16.6 Å². The number of rotatable bonds is 3. The third-order valence-corrected chi connectivity index (χ3v) is 2.71. The number of aryl methyl sites for hydroxylation is 1. The summed E-state index contributed by atoms with van der Waals surface area (Å²) in [6, 6.07) is 9.42. The number of halogens is 1. The Kier molecular flexibility index (Phi) is 3.46. The minimum absolute atomic E-state index is 0.597. The normalized spacial score (nSPS) is 10.1. The number of nitrogens with zero attached hydrogens (tertiary/aromatic N) is 1. The minimum Gasteiger partial charge on any atom is -0.354 e. The number of aromatic nitrogens is 1. The molecule has 0 aliphatic carbocycles. The zero-order chi connectivity index (χ0) is 12.3. The standard InChI is InChI=1S/C12H13ClN4/c1-8-3-2-4-10(13)12(8)16-9-5-6-15-11(7-9)17-14/h2-7H,14H2,1H3,(H2,15,16,17). The third-order valence-electron chi connectivity index (χ3n) is 2.40. The first-order valence-corrected chi connectivity index (χ1v) is 5.53. The molecule has 0 saturated heterocycles. The molecule has 0 aliphatic heterocycles. The van der Waals surface area contributed by atoms with Crippen LogP contribution in [-0.2, 0) is 0 Å². The SMILES string of the molecule is Cc1cccc(Cl)c1Nc1ccnc(NN)c1. The van der Waals surface area contributed by atoms with E-state index in [4.69, 9.17) is 17.4 Å². The van der Waals surface area contributed by atoms with Gasteiger partial charge in [-0.25, -0.2) is 10.8 Å². The molecule has 0 radical (unpaired) electrons. The number of nitrogens with two attached hydrogens (primary N) is 1. The van der Waals surface area contributed by atoms with Crippen molar-refractivity contribution >= 4 is 28.8 Å². The summed E-state index contributed by atoms with van der Waals surface area (Å²) in [4.78, 5) is 4.04. The van der Waals surface area contributed by atoms with Crippen molar-refractivity contribution in [3.63, 3.8) is 0 Å². The van der Waals surface area contributed by atoms with Gasteiger partial charge in [-0.3, -0.25) is 0 Å². The smallest absolute Gasteiger partial charge is 0.141 e. The molecule has 0 amide bonds. The number of hydrazine groups is 1. The molecule has 1 heterocycles. The molecular formula is C12H13ClN4. The fourth-order valence-corrected chi connectivity index (χ4v) is 1.79. The van der Waals surface area contributed by atoms with Gasteiger partial charge in [-0.1, -0.05) is 23.7 Å². The van der Waals surface area contributed by atoms with Crippen LogP contribution in [0.5, 0.6) is 0 Å². The maximum absolute atomic E-state index is 6.13. The highest BCUT2D eigenvalue weighted by Crippen LogP contribution is 2.28. The lowest BCUT2D eigenvalue weighted by Crippen LogP contribution is -2.08. The molecule has 0 saturated carbocycles. The summed E-state index contributed by atoms with van der Waals surface area (Å²) in [6.07, 6.45) is 1.67. The molecule has 1 aromatic heterocycles. The van der Waals surface area contributed by atoms with Crippen molar-refractivity contribution in [1.29, 1.82) is 0 Å². The van der Waals surface area contributed by atoms with Crippen molar-refractivity contribution in [2.45, 2.75) is 6.92 Å². The topological polar surface area (TPSA) is 63.0 Å². The molecule has 1 aromatic carbocycles. The second-order valence-corrected chi connectivity index (χ2v) is 4.04. The molecule has 0 fully saturated rings. The molecular weight excluding hydrogens is 236 g/mol. The Morgan fingerprint density at radius 1 is 1.29 bits per heavy atom. The Balaban J connectivity index is 2.31. The summed E-state index contributed by atoms with van der Waals surface area (Å²) in [5, 5.41) is 3.93. The molecule has 0 atom stereocenters. The number of pyridine rings is 1. The first-order valence-electron chi connectivity index (χ1n) is 5.15. The molecule has 5 heteroatoms. The first kappa shape index (κ1) is 11.7. The van der Waals surface area contributed by atoms with Crippen LogP contribution >= 0.6 is 11.6 Å². The number of para-hydroxylation sites is 1. The average Bonchev–Trinajstić information content (AvgIpc) is 2.34. The van der Waals surface area contributed by atoms with Gasteiger partial charge in [-0.2, -0.15) is 0 Å².